The highest BCUT2D eigenvalue weighted by Crippen LogP contribution is 2.38. The summed E-state index contributed by atoms with van der Waals surface area (Å²) in [6.07, 6.45) is 19.1. The summed E-state index contributed by atoms with van der Waals surface area (Å²) in [4.78, 5) is 11.5. The zero-order valence-electron chi connectivity index (χ0n) is 50.1. The van der Waals surface area contributed by atoms with E-state index in [1.807, 2.05) is 20.3 Å². The Morgan fingerprint density at radius 1 is 0.595 bits per heavy atom. The van der Waals surface area contributed by atoms with E-state index in [9.17, 15) is 4.79 Å². The number of allylic oxidation sites excluding steroid dienone is 3. The Labute approximate surface area is 453 Å². The van der Waals surface area contributed by atoms with Crippen LogP contribution in [0.3, 0.4) is 0 Å². The van der Waals surface area contributed by atoms with E-state index in [2.05, 4.69) is 203 Å². The van der Waals surface area contributed by atoms with E-state index in [4.69, 9.17) is 37.6 Å². The minimum Gasteiger partial charge on any atom is -0.466 e. The van der Waals surface area contributed by atoms with Crippen LogP contribution in [-0.4, -0.2) is 103 Å². The van der Waals surface area contributed by atoms with E-state index in [0.717, 1.165) is 32.1 Å². The van der Waals surface area contributed by atoms with Crippen LogP contribution >= 0.6 is 0 Å². The fourth-order valence-electron chi connectivity index (χ4n) is 10.4. The Balaban J connectivity index is 2.19. The molecule has 0 saturated heterocycles. The number of ether oxygens (including phenoxy) is 7. The maximum atomic E-state index is 11.5. The highest BCUT2D eigenvalue weighted by molar-refractivity contribution is 6.99. The van der Waals surface area contributed by atoms with Gasteiger partial charge in [0.25, 0.3) is 8.32 Å². The van der Waals surface area contributed by atoms with E-state index in [-0.39, 0.29) is 95.7 Å². The van der Waals surface area contributed by atoms with Gasteiger partial charge in [0.05, 0.1) is 68.1 Å². The third kappa shape index (κ3) is 22.8. The normalized spacial score (nSPS) is 17.8. The van der Waals surface area contributed by atoms with Gasteiger partial charge in [0.1, 0.15) is 0 Å². The molecule has 2 aromatic rings. The van der Waals surface area contributed by atoms with Gasteiger partial charge in [0.2, 0.25) is 0 Å². The molecule has 2 aromatic carbocycles. The second-order valence-electron chi connectivity index (χ2n) is 23.2. The molecule has 0 radical (unpaired) electrons. The topological polar surface area (TPSA) is 90.9 Å². The van der Waals surface area contributed by atoms with Crippen molar-refractivity contribution in [3.8, 4) is 0 Å². The second-order valence-corrected chi connectivity index (χ2v) is 27.5. The molecule has 0 fully saturated rings. The molecular formula is C64H106O9Si. The molecule has 0 bridgehead atoms. The smallest absolute Gasteiger partial charge is 0.330 e. The number of rotatable bonds is 36. The van der Waals surface area contributed by atoms with Crippen molar-refractivity contribution >= 4 is 24.7 Å². The molecule has 0 amide bonds. The number of hydrogen-bond donors (Lipinski definition) is 0. The number of hydrogen-bond acceptors (Lipinski definition) is 9. The van der Waals surface area contributed by atoms with Gasteiger partial charge in [-0.25, -0.2) is 4.79 Å². The lowest BCUT2D eigenvalue weighted by atomic mass is 9.84. The van der Waals surface area contributed by atoms with Crippen LogP contribution in [0.1, 0.15) is 156 Å². The summed E-state index contributed by atoms with van der Waals surface area (Å²) in [6.45, 7) is 38.0. The van der Waals surface area contributed by atoms with Gasteiger partial charge in [0, 0.05) is 44.7 Å². The summed E-state index contributed by atoms with van der Waals surface area (Å²) in [5.74, 6) is 0.621. The molecule has 420 valence electrons. The van der Waals surface area contributed by atoms with Crippen LogP contribution in [0.2, 0.25) is 5.04 Å². The number of benzene rings is 2. The fourth-order valence-corrected chi connectivity index (χ4v) is 15.1. The largest absolute Gasteiger partial charge is 0.466 e. The standard InChI is InChI=1S/C64H106O9Si/c1-45(2)70-59(36-28-23-29-38-61(65)68-20)53(13)62(72-47(5)6)51(11)41-42-58(67-19)50(10)40-39-49(9)43-55(66-18)31-30-37-60(71-46(3)4)54(14)63(73-48(7)8)52(12)44-69-74(64(15,16)17,56-32-24-21-25-33-56)57-34-26-22-27-35-57/h21-35,38,40,45-49,51-55,58-60,62-63H,36-37,39,41-44H2,1-20H3/b28-23+,31-30+,38-29+,50-40+/t49-,51-,52+,53-,54-,55+,58+,59-,60+,62-,63+/m1/s1. The molecule has 0 aliphatic rings. The zero-order valence-corrected chi connectivity index (χ0v) is 51.1. The first-order valence-electron chi connectivity index (χ1n) is 28.1. The van der Waals surface area contributed by atoms with Crippen molar-refractivity contribution in [2.75, 3.05) is 27.9 Å². The maximum absolute atomic E-state index is 11.5. The molecule has 11 atom stereocenters. The molecule has 2 rings (SSSR count). The Morgan fingerprint density at radius 3 is 1.53 bits per heavy atom. The van der Waals surface area contributed by atoms with Crippen LogP contribution in [0.4, 0.5) is 0 Å². The van der Waals surface area contributed by atoms with E-state index >= 15 is 0 Å². The monoisotopic (exact) mass is 1050 g/mol. The van der Waals surface area contributed by atoms with Crippen LogP contribution in [0, 0.1) is 29.6 Å². The van der Waals surface area contributed by atoms with Gasteiger partial charge in [-0.3, -0.25) is 0 Å². The number of methoxy groups -OCH3 is 3. The van der Waals surface area contributed by atoms with Crippen molar-refractivity contribution in [3.63, 3.8) is 0 Å². The predicted molar refractivity (Wildman–Crippen MR) is 312 cm³/mol. The lowest BCUT2D eigenvalue weighted by Crippen LogP contribution is -2.67. The van der Waals surface area contributed by atoms with Crippen LogP contribution in [0.15, 0.2) is 109 Å². The lowest BCUT2D eigenvalue weighted by Gasteiger charge is -2.44. The Hall–Kier alpha value is -3.19. The predicted octanol–water partition coefficient (Wildman–Crippen LogP) is 14.1. The highest BCUT2D eigenvalue weighted by atomic mass is 28.4. The van der Waals surface area contributed by atoms with Crippen molar-refractivity contribution in [1.29, 1.82) is 0 Å². The van der Waals surface area contributed by atoms with Gasteiger partial charge in [0.15, 0.2) is 0 Å². The minimum atomic E-state index is -2.73. The number of carbonyl (C=O) groups excluding carboxylic acids is 1. The van der Waals surface area contributed by atoms with Gasteiger partial charge < -0.3 is 37.6 Å². The molecule has 9 nitrogen and oxygen atoms in total. The highest BCUT2D eigenvalue weighted by Gasteiger charge is 2.50. The van der Waals surface area contributed by atoms with Gasteiger partial charge >= 0.3 is 5.97 Å². The first-order chi connectivity index (χ1) is 34.9. The Kier molecular flexibility index (Phi) is 31.2. The Bertz CT molecular complexity index is 1880. The average Bonchev–Trinajstić information content (AvgIpc) is 3.35. The molecule has 0 heterocycles. The van der Waals surface area contributed by atoms with E-state index in [1.165, 1.54) is 29.1 Å². The number of carbonyl (C=O) groups is 1. The molecule has 0 N–H and O–H groups in total. The summed E-state index contributed by atoms with van der Waals surface area (Å²) < 4.78 is 51.1. The molecule has 0 saturated carbocycles. The quantitative estimate of drug-likeness (QED) is 0.0218. The zero-order chi connectivity index (χ0) is 55.6. The first-order valence-corrected chi connectivity index (χ1v) is 30.0. The van der Waals surface area contributed by atoms with Crippen molar-refractivity contribution in [2.24, 2.45) is 29.6 Å². The van der Waals surface area contributed by atoms with E-state index < -0.39 is 8.32 Å². The Morgan fingerprint density at radius 2 is 1.08 bits per heavy atom. The minimum absolute atomic E-state index is 0.00637. The molecule has 0 aromatic heterocycles. The second kappa shape index (κ2) is 34.5. The molecule has 0 aliphatic carbocycles. The van der Waals surface area contributed by atoms with Gasteiger partial charge in [-0.1, -0.05) is 153 Å². The molecular weight excluding hydrogens is 941 g/mol. The molecule has 0 aliphatic heterocycles. The third-order valence-corrected chi connectivity index (χ3v) is 19.3. The summed E-state index contributed by atoms with van der Waals surface area (Å²) in [6, 6.07) is 21.8. The summed E-state index contributed by atoms with van der Waals surface area (Å²) >= 11 is 0. The third-order valence-electron chi connectivity index (χ3n) is 14.3. The summed E-state index contributed by atoms with van der Waals surface area (Å²) in [5.41, 5.74) is 1.25. The van der Waals surface area contributed by atoms with Crippen molar-refractivity contribution in [1.82, 2.24) is 0 Å². The summed E-state index contributed by atoms with van der Waals surface area (Å²) in [7, 11) is 2.27. The maximum Gasteiger partial charge on any atom is 0.330 e. The van der Waals surface area contributed by atoms with Gasteiger partial charge in [-0.05, 0) is 134 Å². The van der Waals surface area contributed by atoms with Gasteiger partial charge in [-0.15, -0.1) is 0 Å². The molecule has 74 heavy (non-hydrogen) atoms. The van der Waals surface area contributed by atoms with Crippen molar-refractivity contribution in [2.45, 2.75) is 222 Å². The number of esters is 1. The van der Waals surface area contributed by atoms with Crippen LogP contribution in [-0.2, 0) is 42.4 Å². The lowest BCUT2D eigenvalue weighted by molar-refractivity contribution is -0.134. The SMILES string of the molecule is COC(=O)/C=C/C=C/C[C@@H](OC(C)C)[C@@H](C)[C@H](OC(C)C)[C@H](C)CC[C@H](OC)/C(C)=C/C[C@@H](C)C[C@H](/C=C/C[C@H](OC(C)C)[C@@H](C)[C@@H](OC(C)C)[C@@H](C)CO[Si](c1ccccc1)(c1ccccc1)C(C)(C)C)OC. The molecule has 0 spiro atoms. The van der Waals surface area contributed by atoms with E-state index in [1.54, 1.807) is 6.08 Å². The van der Waals surface area contributed by atoms with Crippen LogP contribution < -0.4 is 10.4 Å². The van der Waals surface area contributed by atoms with Crippen molar-refractivity contribution < 1.29 is 42.4 Å². The fraction of sp³-hybridized carbons (Fsp3) is 0.672. The first kappa shape index (κ1) is 66.9. The van der Waals surface area contributed by atoms with Gasteiger partial charge in [-0.2, -0.15) is 0 Å². The van der Waals surface area contributed by atoms with Crippen LogP contribution in [0.25, 0.3) is 0 Å². The molecule has 0 unspecified atom stereocenters. The van der Waals surface area contributed by atoms with E-state index in [0.29, 0.717) is 18.9 Å². The summed E-state index contributed by atoms with van der Waals surface area (Å²) in [5, 5.41) is 2.45. The molecule has 10 heteroatoms. The van der Waals surface area contributed by atoms with Crippen molar-refractivity contribution in [3.05, 3.63) is 109 Å². The van der Waals surface area contributed by atoms with Crippen LogP contribution in [0.5, 0.6) is 0 Å². The average molecular weight is 1050 g/mol.